The van der Waals surface area contributed by atoms with E-state index in [1.165, 1.54) is 11.1 Å². The lowest BCUT2D eigenvalue weighted by atomic mass is 10.1. The topological polar surface area (TPSA) is 34.1 Å². The maximum atomic E-state index is 5.30. The molecule has 0 saturated heterocycles. The van der Waals surface area contributed by atoms with Crippen LogP contribution in [0.15, 0.2) is 42.7 Å². The van der Waals surface area contributed by atoms with Gasteiger partial charge in [0, 0.05) is 12.4 Å². The molecule has 0 fully saturated rings. The molecule has 0 saturated carbocycles. The summed E-state index contributed by atoms with van der Waals surface area (Å²) in [6.45, 7) is 0. The van der Waals surface area contributed by atoms with Gasteiger partial charge in [-0.3, -0.25) is 4.98 Å². The molecule has 92 valence electrons. The molecule has 18 heavy (non-hydrogen) atoms. The maximum Gasteiger partial charge on any atom is 0.119 e. The van der Waals surface area contributed by atoms with E-state index >= 15 is 0 Å². The molecule has 1 N–H and O–H groups in total. The van der Waals surface area contributed by atoms with Crippen LogP contribution in [0.1, 0.15) is 23.6 Å². The van der Waals surface area contributed by atoms with Crippen LogP contribution in [-0.2, 0) is 6.42 Å². The van der Waals surface area contributed by atoms with Gasteiger partial charge in [0.05, 0.1) is 18.8 Å². The van der Waals surface area contributed by atoms with Crippen LogP contribution in [-0.4, -0.2) is 12.1 Å². The summed E-state index contributed by atoms with van der Waals surface area (Å²) in [4.78, 5) is 4.13. The first-order valence-corrected chi connectivity index (χ1v) is 6.20. The van der Waals surface area contributed by atoms with Crippen molar-refractivity contribution in [1.29, 1.82) is 0 Å². The van der Waals surface area contributed by atoms with Gasteiger partial charge in [-0.25, -0.2) is 0 Å². The summed E-state index contributed by atoms with van der Waals surface area (Å²) in [5.74, 6) is 0.925. The Bertz CT molecular complexity index is 539. The Morgan fingerprint density at radius 1 is 1.33 bits per heavy atom. The predicted molar refractivity (Wildman–Crippen MR) is 71.9 cm³/mol. The van der Waals surface area contributed by atoms with E-state index in [-0.39, 0.29) is 0 Å². The molecular formula is C15H16N2O. The minimum atomic E-state index is 0.360. The Hall–Kier alpha value is -2.03. The Kier molecular flexibility index (Phi) is 2.89. The fourth-order valence-corrected chi connectivity index (χ4v) is 2.51. The summed E-state index contributed by atoms with van der Waals surface area (Å²) < 4.78 is 5.30. The number of rotatable bonds is 3. The molecule has 0 aliphatic heterocycles. The van der Waals surface area contributed by atoms with Gasteiger partial charge in [0.2, 0.25) is 0 Å². The lowest BCUT2D eigenvalue weighted by molar-refractivity contribution is 0.414. The van der Waals surface area contributed by atoms with Gasteiger partial charge < -0.3 is 10.1 Å². The number of methoxy groups -OCH3 is 1. The van der Waals surface area contributed by atoms with E-state index in [0.29, 0.717) is 6.04 Å². The van der Waals surface area contributed by atoms with Crippen molar-refractivity contribution in [3.63, 3.8) is 0 Å². The predicted octanol–water partition coefficient (Wildman–Crippen LogP) is 3.19. The number of hydrogen-bond donors (Lipinski definition) is 1. The monoisotopic (exact) mass is 240 g/mol. The minimum absolute atomic E-state index is 0.360. The summed E-state index contributed by atoms with van der Waals surface area (Å²) in [5.41, 5.74) is 3.83. The van der Waals surface area contributed by atoms with E-state index in [0.717, 1.165) is 24.3 Å². The van der Waals surface area contributed by atoms with Crippen molar-refractivity contribution in [1.82, 2.24) is 4.98 Å². The van der Waals surface area contributed by atoms with E-state index in [2.05, 4.69) is 22.4 Å². The number of nitrogens with one attached hydrogen (secondary N) is 1. The Balaban J connectivity index is 1.85. The van der Waals surface area contributed by atoms with Crippen LogP contribution in [0.3, 0.4) is 0 Å². The molecule has 1 heterocycles. The molecule has 1 aliphatic rings. The van der Waals surface area contributed by atoms with E-state index < -0.39 is 0 Å². The number of pyridine rings is 1. The van der Waals surface area contributed by atoms with Crippen molar-refractivity contribution in [2.24, 2.45) is 0 Å². The number of aromatic nitrogens is 1. The molecule has 1 aromatic carbocycles. The van der Waals surface area contributed by atoms with Gasteiger partial charge >= 0.3 is 0 Å². The fourth-order valence-electron chi connectivity index (χ4n) is 2.51. The van der Waals surface area contributed by atoms with Crippen molar-refractivity contribution >= 4 is 5.69 Å². The highest BCUT2D eigenvalue weighted by molar-refractivity contribution is 5.48. The first kappa shape index (κ1) is 11.1. The molecule has 0 bridgehead atoms. The number of anilines is 1. The number of aryl methyl sites for hydroxylation is 1. The lowest BCUT2D eigenvalue weighted by Crippen LogP contribution is -2.07. The first-order chi connectivity index (χ1) is 8.86. The molecule has 1 atom stereocenters. The van der Waals surface area contributed by atoms with Crippen LogP contribution in [0.25, 0.3) is 0 Å². The third kappa shape index (κ3) is 2.04. The molecule has 3 rings (SSSR count). The van der Waals surface area contributed by atoms with E-state index in [1.807, 2.05) is 24.4 Å². The van der Waals surface area contributed by atoms with Gasteiger partial charge in [0.15, 0.2) is 0 Å². The van der Waals surface area contributed by atoms with Gasteiger partial charge in [0.25, 0.3) is 0 Å². The first-order valence-electron chi connectivity index (χ1n) is 6.20. The van der Waals surface area contributed by atoms with Gasteiger partial charge in [0.1, 0.15) is 5.75 Å². The third-order valence-electron chi connectivity index (χ3n) is 3.43. The smallest absolute Gasteiger partial charge is 0.119 e. The minimum Gasteiger partial charge on any atom is -0.497 e. The molecule has 2 aromatic rings. The van der Waals surface area contributed by atoms with Crippen molar-refractivity contribution in [2.75, 3.05) is 12.4 Å². The molecule has 3 nitrogen and oxygen atoms in total. The van der Waals surface area contributed by atoms with E-state index in [4.69, 9.17) is 4.74 Å². The van der Waals surface area contributed by atoms with Gasteiger partial charge in [-0.1, -0.05) is 6.07 Å². The number of fused-ring (bicyclic) bond motifs is 1. The van der Waals surface area contributed by atoms with Gasteiger partial charge in [-0.2, -0.15) is 0 Å². The Morgan fingerprint density at radius 3 is 3.06 bits per heavy atom. The zero-order valence-corrected chi connectivity index (χ0v) is 10.4. The highest BCUT2D eigenvalue weighted by Gasteiger charge is 2.22. The van der Waals surface area contributed by atoms with Crippen LogP contribution >= 0.6 is 0 Å². The van der Waals surface area contributed by atoms with Crippen LogP contribution in [0, 0.1) is 0 Å². The van der Waals surface area contributed by atoms with Gasteiger partial charge in [-0.05, 0) is 48.2 Å². The van der Waals surface area contributed by atoms with E-state index in [9.17, 15) is 0 Å². The van der Waals surface area contributed by atoms with Crippen LogP contribution in [0.5, 0.6) is 5.75 Å². The van der Waals surface area contributed by atoms with Crippen molar-refractivity contribution in [3.8, 4) is 5.75 Å². The van der Waals surface area contributed by atoms with Crippen molar-refractivity contribution in [2.45, 2.75) is 18.9 Å². The number of ether oxygens (including phenoxy) is 1. The average Bonchev–Trinajstić information content (AvgIpc) is 2.82. The van der Waals surface area contributed by atoms with E-state index in [1.54, 1.807) is 13.3 Å². The number of benzene rings is 1. The molecule has 0 amide bonds. The number of nitrogens with zero attached hydrogens (tertiary/aromatic N) is 1. The van der Waals surface area contributed by atoms with Crippen LogP contribution in [0.4, 0.5) is 5.69 Å². The standard InChI is InChI=1S/C15H16N2O/c1-18-13-6-4-11-5-7-15(14(11)9-13)17-12-3-2-8-16-10-12/h2-4,6,8-10,15,17H,5,7H2,1H3. The molecule has 3 heteroatoms. The summed E-state index contributed by atoms with van der Waals surface area (Å²) in [7, 11) is 1.71. The summed E-state index contributed by atoms with van der Waals surface area (Å²) in [6.07, 6.45) is 5.89. The fraction of sp³-hybridized carbons (Fsp3) is 0.267. The molecule has 0 spiro atoms. The maximum absolute atomic E-state index is 5.30. The molecule has 0 radical (unpaired) electrons. The van der Waals surface area contributed by atoms with Crippen molar-refractivity contribution in [3.05, 3.63) is 53.9 Å². The zero-order chi connectivity index (χ0) is 12.4. The Morgan fingerprint density at radius 2 is 2.28 bits per heavy atom. The molecule has 1 aromatic heterocycles. The second kappa shape index (κ2) is 4.69. The Labute approximate surface area is 107 Å². The summed E-state index contributed by atoms with van der Waals surface area (Å²) >= 11 is 0. The second-order valence-corrected chi connectivity index (χ2v) is 4.54. The highest BCUT2D eigenvalue weighted by Crippen LogP contribution is 2.35. The second-order valence-electron chi connectivity index (χ2n) is 4.54. The molecule has 1 aliphatic carbocycles. The van der Waals surface area contributed by atoms with Crippen LogP contribution in [0.2, 0.25) is 0 Å². The molecular weight excluding hydrogens is 224 g/mol. The van der Waals surface area contributed by atoms with Crippen molar-refractivity contribution < 1.29 is 4.74 Å². The molecule has 1 unspecified atom stereocenters. The largest absolute Gasteiger partial charge is 0.497 e. The SMILES string of the molecule is COc1ccc2c(c1)C(Nc1cccnc1)CC2. The normalized spacial score (nSPS) is 17.3. The third-order valence-corrected chi connectivity index (χ3v) is 3.43. The quantitative estimate of drug-likeness (QED) is 0.894. The summed E-state index contributed by atoms with van der Waals surface area (Å²) in [5, 5.41) is 3.53. The summed E-state index contributed by atoms with van der Waals surface area (Å²) in [6, 6.07) is 10.7. The average molecular weight is 240 g/mol. The van der Waals surface area contributed by atoms with Gasteiger partial charge in [-0.15, -0.1) is 0 Å². The lowest BCUT2D eigenvalue weighted by Gasteiger charge is -2.15. The number of hydrogen-bond acceptors (Lipinski definition) is 3. The highest BCUT2D eigenvalue weighted by atomic mass is 16.5. The zero-order valence-electron chi connectivity index (χ0n) is 10.4. The van der Waals surface area contributed by atoms with Crippen LogP contribution < -0.4 is 10.1 Å².